The topological polar surface area (TPSA) is 60.2 Å². The van der Waals surface area contributed by atoms with Crippen molar-refractivity contribution in [2.24, 2.45) is 0 Å². The van der Waals surface area contributed by atoms with Crippen molar-refractivity contribution in [3.05, 3.63) is 41.5 Å². The van der Waals surface area contributed by atoms with Crippen LogP contribution in [0.4, 0.5) is 0 Å². The van der Waals surface area contributed by atoms with Crippen molar-refractivity contribution in [1.82, 2.24) is 15.0 Å². The van der Waals surface area contributed by atoms with E-state index in [2.05, 4.69) is 26.1 Å². The van der Waals surface area contributed by atoms with Gasteiger partial charge in [0.25, 0.3) is 0 Å². The van der Waals surface area contributed by atoms with E-state index < -0.39 is 0 Å². The van der Waals surface area contributed by atoms with Crippen LogP contribution in [0.3, 0.4) is 0 Å². The van der Waals surface area contributed by atoms with Crippen molar-refractivity contribution in [2.75, 3.05) is 11.9 Å². The number of halogens is 1. The second kappa shape index (κ2) is 6.58. The van der Waals surface area contributed by atoms with Crippen molar-refractivity contribution in [1.29, 1.82) is 0 Å². The zero-order valence-corrected chi connectivity index (χ0v) is 14.7. The van der Waals surface area contributed by atoms with Gasteiger partial charge < -0.3 is 9.84 Å². The Balaban J connectivity index is 1.92. The molecule has 1 aromatic heterocycles. The van der Waals surface area contributed by atoms with E-state index in [1.54, 1.807) is 12.1 Å². The molecular weight excluding hydrogens is 358 g/mol. The summed E-state index contributed by atoms with van der Waals surface area (Å²) < 4.78 is 5.57. The lowest BCUT2D eigenvalue weighted by Gasteiger charge is -2.08. The summed E-state index contributed by atoms with van der Waals surface area (Å²) in [6, 6.07) is 9.17. The first-order valence-corrected chi connectivity index (χ1v) is 8.57. The van der Waals surface area contributed by atoms with Crippen LogP contribution in [-0.4, -0.2) is 32.0 Å². The molecule has 3 rings (SSSR count). The highest BCUT2D eigenvalue weighted by Crippen LogP contribution is 2.27. The summed E-state index contributed by atoms with van der Waals surface area (Å²) in [5.41, 5.74) is 4.49. The fourth-order valence-corrected chi connectivity index (χ4v) is 2.52. The standard InChI is InChI=1S/C17H18BrN3O2/c1-11-8-14-15(9-12(11)2)20-21(19-14)16-5-4-13(10-17(16)22)23-7-3-6-18/h4-5,8-10,22H,3,6-7H2,1-2H3. The van der Waals surface area contributed by atoms with Gasteiger partial charge >= 0.3 is 0 Å². The number of nitrogens with zero attached hydrogens (tertiary/aromatic N) is 3. The van der Waals surface area contributed by atoms with Crippen LogP contribution < -0.4 is 4.74 Å². The molecule has 0 unspecified atom stereocenters. The lowest BCUT2D eigenvalue weighted by Crippen LogP contribution is -2.01. The fraction of sp³-hybridized carbons (Fsp3) is 0.294. The number of fused-ring (bicyclic) bond motifs is 1. The molecule has 120 valence electrons. The summed E-state index contributed by atoms with van der Waals surface area (Å²) >= 11 is 3.36. The number of hydrogen-bond donors (Lipinski definition) is 1. The minimum atomic E-state index is 0.0927. The molecule has 5 nitrogen and oxygen atoms in total. The van der Waals surface area contributed by atoms with Gasteiger partial charge in [-0.05, 0) is 55.7 Å². The van der Waals surface area contributed by atoms with Gasteiger partial charge in [-0.2, -0.15) is 0 Å². The third-order valence-corrected chi connectivity index (χ3v) is 4.27. The van der Waals surface area contributed by atoms with Crippen molar-refractivity contribution < 1.29 is 9.84 Å². The number of phenolic OH excluding ortho intramolecular Hbond substituents is 1. The van der Waals surface area contributed by atoms with Crippen molar-refractivity contribution >= 4 is 27.0 Å². The Morgan fingerprint density at radius 3 is 2.30 bits per heavy atom. The highest BCUT2D eigenvalue weighted by atomic mass is 79.9. The van der Waals surface area contributed by atoms with Crippen LogP contribution >= 0.6 is 15.9 Å². The Bertz CT molecular complexity index is 806. The molecule has 1 N–H and O–H groups in total. The third kappa shape index (κ3) is 3.32. The summed E-state index contributed by atoms with van der Waals surface area (Å²) in [4.78, 5) is 1.46. The molecular formula is C17H18BrN3O2. The lowest BCUT2D eigenvalue weighted by atomic mass is 10.1. The van der Waals surface area contributed by atoms with Crippen molar-refractivity contribution in [3.63, 3.8) is 0 Å². The van der Waals surface area contributed by atoms with Gasteiger partial charge in [-0.25, -0.2) is 0 Å². The van der Waals surface area contributed by atoms with E-state index >= 15 is 0 Å². The molecule has 0 bridgehead atoms. The third-order valence-electron chi connectivity index (χ3n) is 3.70. The molecule has 0 fully saturated rings. The Hall–Kier alpha value is -2.08. The molecule has 0 aliphatic rings. The molecule has 2 aromatic carbocycles. The van der Waals surface area contributed by atoms with E-state index in [1.165, 1.54) is 15.9 Å². The first-order chi connectivity index (χ1) is 11.1. The largest absolute Gasteiger partial charge is 0.505 e. The van der Waals surface area contributed by atoms with E-state index in [9.17, 15) is 5.11 Å². The van der Waals surface area contributed by atoms with E-state index in [4.69, 9.17) is 4.74 Å². The van der Waals surface area contributed by atoms with Gasteiger partial charge in [-0.3, -0.25) is 0 Å². The van der Waals surface area contributed by atoms with Crippen LogP contribution in [0.1, 0.15) is 17.5 Å². The maximum absolute atomic E-state index is 10.2. The average Bonchev–Trinajstić information content (AvgIpc) is 2.90. The number of phenols is 1. The summed E-state index contributed by atoms with van der Waals surface area (Å²) in [7, 11) is 0. The molecule has 0 aliphatic carbocycles. The van der Waals surface area contributed by atoms with Gasteiger partial charge in [-0.15, -0.1) is 15.0 Å². The second-order valence-electron chi connectivity index (χ2n) is 5.46. The second-order valence-corrected chi connectivity index (χ2v) is 6.25. The normalized spacial score (nSPS) is 11.1. The average molecular weight is 376 g/mol. The summed E-state index contributed by atoms with van der Waals surface area (Å²) in [5.74, 6) is 0.727. The van der Waals surface area contributed by atoms with Crippen molar-refractivity contribution in [3.8, 4) is 17.2 Å². The minimum absolute atomic E-state index is 0.0927. The number of ether oxygens (including phenoxy) is 1. The predicted octanol–water partition coefficient (Wildman–Crippen LogP) is 3.91. The Kier molecular flexibility index (Phi) is 4.52. The van der Waals surface area contributed by atoms with Gasteiger partial charge in [0.05, 0.1) is 6.61 Å². The molecule has 3 aromatic rings. The Labute approximate surface area is 143 Å². The van der Waals surface area contributed by atoms with Gasteiger partial charge in [0.1, 0.15) is 28.2 Å². The van der Waals surface area contributed by atoms with Crippen LogP contribution in [0, 0.1) is 13.8 Å². The maximum Gasteiger partial charge on any atom is 0.146 e. The summed E-state index contributed by atoms with van der Waals surface area (Å²) in [6.07, 6.45) is 0.910. The number of alkyl halides is 1. The van der Waals surface area contributed by atoms with Crippen LogP contribution in [0.2, 0.25) is 0 Å². The van der Waals surface area contributed by atoms with E-state index in [0.29, 0.717) is 18.0 Å². The van der Waals surface area contributed by atoms with Gasteiger partial charge in [0.2, 0.25) is 0 Å². The van der Waals surface area contributed by atoms with Gasteiger partial charge in [-0.1, -0.05) is 15.9 Å². The molecule has 1 heterocycles. The molecule has 0 saturated heterocycles. The molecule has 0 saturated carbocycles. The molecule has 0 spiro atoms. The fourth-order valence-electron chi connectivity index (χ4n) is 2.29. The molecule has 0 aliphatic heterocycles. The van der Waals surface area contributed by atoms with E-state index in [1.807, 2.05) is 32.0 Å². The van der Waals surface area contributed by atoms with Crippen LogP contribution in [-0.2, 0) is 0 Å². The first-order valence-electron chi connectivity index (χ1n) is 7.45. The molecule has 0 atom stereocenters. The molecule has 0 radical (unpaired) electrons. The SMILES string of the molecule is Cc1cc2nn(-c3ccc(OCCCBr)cc3O)nc2cc1C. The molecule has 0 amide bonds. The van der Waals surface area contributed by atoms with E-state index in [-0.39, 0.29) is 5.75 Å². The number of benzene rings is 2. The molecule has 6 heteroatoms. The van der Waals surface area contributed by atoms with Gasteiger partial charge in [0.15, 0.2) is 0 Å². The smallest absolute Gasteiger partial charge is 0.146 e. The number of hydrogen-bond acceptors (Lipinski definition) is 4. The van der Waals surface area contributed by atoms with Crippen LogP contribution in [0.15, 0.2) is 30.3 Å². The van der Waals surface area contributed by atoms with Crippen LogP contribution in [0.5, 0.6) is 11.5 Å². The number of aromatic hydroxyl groups is 1. The van der Waals surface area contributed by atoms with Crippen LogP contribution in [0.25, 0.3) is 16.7 Å². The number of aromatic nitrogens is 3. The highest BCUT2D eigenvalue weighted by molar-refractivity contribution is 9.09. The van der Waals surface area contributed by atoms with E-state index in [0.717, 1.165) is 22.8 Å². The monoisotopic (exact) mass is 375 g/mol. The first kappa shape index (κ1) is 15.8. The summed E-state index contributed by atoms with van der Waals surface area (Å²) in [5, 5.41) is 20.0. The highest BCUT2D eigenvalue weighted by Gasteiger charge is 2.11. The number of aryl methyl sites for hydroxylation is 2. The maximum atomic E-state index is 10.2. The quantitative estimate of drug-likeness (QED) is 0.542. The zero-order chi connectivity index (χ0) is 16.4. The Morgan fingerprint density at radius 1 is 1.09 bits per heavy atom. The lowest BCUT2D eigenvalue weighted by molar-refractivity contribution is 0.317. The van der Waals surface area contributed by atoms with Gasteiger partial charge in [0, 0.05) is 11.4 Å². The Morgan fingerprint density at radius 2 is 1.74 bits per heavy atom. The molecule has 23 heavy (non-hydrogen) atoms. The predicted molar refractivity (Wildman–Crippen MR) is 93.9 cm³/mol. The summed E-state index contributed by atoms with van der Waals surface area (Å²) in [6.45, 7) is 4.70. The number of rotatable bonds is 5. The van der Waals surface area contributed by atoms with Crippen molar-refractivity contribution in [2.45, 2.75) is 20.3 Å². The zero-order valence-electron chi connectivity index (χ0n) is 13.1. The minimum Gasteiger partial charge on any atom is -0.505 e.